The molecule has 0 bridgehead atoms. The van der Waals surface area contributed by atoms with E-state index in [2.05, 4.69) is 19.7 Å². The maximum Gasteiger partial charge on any atom is 0.495 e. The third kappa shape index (κ3) is 6.03. The molecule has 110 valence electrons. The van der Waals surface area contributed by atoms with Gasteiger partial charge in [-0.25, -0.2) is 24.3 Å². The number of carbonyl (C=O) groups is 2. The van der Waals surface area contributed by atoms with E-state index in [1.54, 1.807) is 18.3 Å². The lowest BCUT2D eigenvalue weighted by molar-refractivity contribution is -0.285. The number of rotatable bonds is 5. The summed E-state index contributed by atoms with van der Waals surface area (Å²) < 4.78 is 35.1. The molecule has 0 amide bonds. The second-order valence-corrected chi connectivity index (χ2v) is 3.63. The van der Waals surface area contributed by atoms with Gasteiger partial charge in [0.05, 0.1) is 24.6 Å². The van der Waals surface area contributed by atoms with Gasteiger partial charge in [0.1, 0.15) is 0 Å². The van der Waals surface area contributed by atoms with Crippen LogP contribution in [-0.2, 0) is 19.4 Å². The predicted molar refractivity (Wildman–Crippen MR) is 59.7 cm³/mol. The van der Waals surface area contributed by atoms with Crippen molar-refractivity contribution in [3.8, 4) is 0 Å². The number of aromatic amines is 1. The molecule has 0 fully saturated rings. The maximum absolute atomic E-state index is 11.7. The molecule has 1 aromatic rings. The molecule has 1 heterocycles. The molecule has 1 N–H and O–H groups in total. The summed E-state index contributed by atoms with van der Waals surface area (Å²) >= 11 is 0. The lowest BCUT2D eigenvalue weighted by Gasteiger charge is -2.04. The Labute approximate surface area is 111 Å². The van der Waals surface area contributed by atoms with E-state index in [9.17, 15) is 22.8 Å². The van der Waals surface area contributed by atoms with Crippen molar-refractivity contribution < 1.29 is 32.5 Å². The summed E-state index contributed by atoms with van der Waals surface area (Å²) in [6.07, 6.45) is 2.08. The van der Waals surface area contributed by atoms with E-state index in [4.69, 9.17) is 0 Å². The minimum absolute atomic E-state index is 0.168. The highest BCUT2D eigenvalue weighted by atomic mass is 19.4. The molecule has 1 aromatic heterocycles. The number of aromatic nitrogens is 2. The first kappa shape index (κ1) is 15.7. The number of carbonyl (C=O) groups excluding carboxylic acids is 2. The molecule has 1 rings (SSSR count). The SMILES string of the molecule is O=C(CCC/C=C/c1cnc[nH]1)OOC(=O)C(F)(F)F. The number of unbranched alkanes of at least 4 members (excludes halogenated alkanes) is 1. The van der Waals surface area contributed by atoms with Crippen LogP contribution in [0.15, 0.2) is 18.6 Å². The summed E-state index contributed by atoms with van der Waals surface area (Å²) in [5, 5.41) is 0. The van der Waals surface area contributed by atoms with Crippen LogP contribution in [0.25, 0.3) is 6.08 Å². The number of alkyl halides is 3. The minimum Gasteiger partial charge on any atom is -0.345 e. The molecule has 0 aromatic carbocycles. The highest BCUT2D eigenvalue weighted by Crippen LogP contribution is 2.16. The van der Waals surface area contributed by atoms with Crippen molar-refractivity contribution in [1.82, 2.24) is 9.97 Å². The molecule has 9 heteroatoms. The van der Waals surface area contributed by atoms with Crippen LogP contribution in [0.4, 0.5) is 13.2 Å². The highest BCUT2D eigenvalue weighted by Gasteiger charge is 2.43. The Kier molecular flexibility index (Phi) is 5.75. The molecule has 0 unspecified atom stereocenters. The quantitative estimate of drug-likeness (QED) is 0.511. The van der Waals surface area contributed by atoms with Crippen molar-refractivity contribution in [2.45, 2.75) is 25.4 Å². The Hall–Kier alpha value is -2.32. The number of allylic oxidation sites excluding steroid dienone is 1. The number of hydrogen-bond donors (Lipinski definition) is 1. The summed E-state index contributed by atoms with van der Waals surface area (Å²) in [6, 6.07) is 0. The molecule has 0 aliphatic heterocycles. The Bertz CT molecular complexity index is 469. The fourth-order valence-corrected chi connectivity index (χ4v) is 1.11. The van der Waals surface area contributed by atoms with Crippen molar-refractivity contribution >= 4 is 18.0 Å². The molecule has 6 nitrogen and oxygen atoms in total. The molecular weight excluding hydrogens is 281 g/mol. The van der Waals surface area contributed by atoms with Gasteiger partial charge >= 0.3 is 18.1 Å². The number of imidazole rings is 1. The first-order valence-corrected chi connectivity index (χ1v) is 5.53. The summed E-state index contributed by atoms with van der Waals surface area (Å²) in [5.41, 5.74) is 0.784. The van der Waals surface area contributed by atoms with E-state index in [0.717, 1.165) is 5.69 Å². The lowest BCUT2D eigenvalue weighted by atomic mass is 10.2. The Balaban J connectivity index is 2.13. The van der Waals surface area contributed by atoms with Gasteiger partial charge in [-0.1, -0.05) is 6.08 Å². The molecule has 0 aliphatic carbocycles. The van der Waals surface area contributed by atoms with Crippen molar-refractivity contribution in [3.63, 3.8) is 0 Å². The van der Waals surface area contributed by atoms with Crippen molar-refractivity contribution in [2.24, 2.45) is 0 Å². The zero-order chi connectivity index (χ0) is 15.0. The second-order valence-electron chi connectivity index (χ2n) is 3.63. The number of nitrogens with zero attached hydrogens (tertiary/aromatic N) is 1. The van der Waals surface area contributed by atoms with Gasteiger partial charge in [-0.05, 0) is 18.9 Å². The van der Waals surface area contributed by atoms with E-state index in [1.807, 2.05) is 0 Å². The Morgan fingerprint density at radius 2 is 2.10 bits per heavy atom. The molecule has 0 spiro atoms. The van der Waals surface area contributed by atoms with Crippen molar-refractivity contribution in [2.75, 3.05) is 0 Å². The molecular formula is C11H11F3N2O4. The summed E-state index contributed by atoms with van der Waals surface area (Å²) in [7, 11) is 0. The third-order valence-corrected chi connectivity index (χ3v) is 2.01. The first-order valence-electron chi connectivity index (χ1n) is 5.53. The normalized spacial score (nSPS) is 11.6. The van der Waals surface area contributed by atoms with Gasteiger partial charge in [-0.3, -0.25) is 0 Å². The predicted octanol–water partition coefficient (Wildman–Crippen LogP) is 2.16. The average molecular weight is 292 g/mol. The van der Waals surface area contributed by atoms with E-state index in [1.165, 1.54) is 6.33 Å². The zero-order valence-corrected chi connectivity index (χ0v) is 10.1. The first-order chi connectivity index (χ1) is 9.39. The molecule has 20 heavy (non-hydrogen) atoms. The second kappa shape index (κ2) is 7.31. The molecule has 0 radical (unpaired) electrons. The number of halogens is 3. The van der Waals surface area contributed by atoms with E-state index in [0.29, 0.717) is 12.8 Å². The van der Waals surface area contributed by atoms with Gasteiger partial charge in [0.25, 0.3) is 0 Å². The molecule has 0 saturated carbocycles. The van der Waals surface area contributed by atoms with Gasteiger partial charge in [0, 0.05) is 0 Å². The average Bonchev–Trinajstić information content (AvgIpc) is 2.87. The fourth-order valence-electron chi connectivity index (χ4n) is 1.11. The van der Waals surface area contributed by atoms with E-state index >= 15 is 0 Å². The van der Waals surface area contributed by atoms with Crippen LogP contribution >= 0.6 is 0 Å². The topological polar surface area (TPSA) is 81.3 Å². The third-order valence-electron chi connectivity index (χ3n) is 2.01. The number of H-pyrrole nitrogens is 1. The Morgan fingerprint density at radius 3 is 2.70 bits per heavy atom. The summed E-state index contributed by atoms with van der Waals surface area (Å²) in [6.45, 7) is 0. The highest BCUT2D eigenvalue weighted by molar-refractivity contribution is 5.76. The van der Waals surface area contributed by atoms with Gasteiger partial charge in [0.2, 0.25) is 0 Å². The van der Waals surface area contributed by atoms with Crippen LogP contribution in [0, 0.1) is 0 Å². The summed E-state index contributed by atoms with van der Waals surface area (Å²) in [4.78, 5) is 34.9. The van der Waals surface area contributed by atoms with Crippen LogP contribution in [0.1, 0.15) is 25.0 Å². The minimum atomic E-state index is -5.19. The fraction of sp³-hybridized carbons (Fsp3) is 0.364. The van der Waals surface area contributed by atoms with Crippen LogP contribution in [0.5, 0.6) is 0 Å². The van der Waals surface area contributed by atoms with Crippen LogP contribution < -0.4 is 0 Å². The number of nitrogens with one attached hydrogen (secondary N) is 1. The van der Waals surface area contributed by atoms with Crippen LogP contribution in [0.2, 0.25) is 0 Å². The van der Waals surface area contributed by atoms with Crippen LogP contribution in [-0.4, -0.2) is 28.1 Å². The van der Waals surface area contributed by atoms with Gasteiger partial charge < -0.3 is 4.98 Å². The lowest BCUT2D eigenvalue weighted by Crippen LogP contribution is -2.26. The largest absolute Gasteiger partial charge is 0.495 e. The smallest absolute Gasteiger partial charge is 0.345 e. The molecule has 0 aliphatic rings. The number of hydrogen-bond acceptors (Lipinski definition) is 5. The monoisotopic (exact) mass is 292 g/mol. The zero-order valence-electron chi connectivity index (χ0n) is 10.1. The van der Waals surface area contributed by atoms with E-state index in [-0.39, 0.29) is 6.42 Å². The molecule has 0 atom stereocenters. The molecule has 0 saturated heterocycles. The standard InChI is InChI=1S/C11H11F3N2O4/c12-11(13,14)10(18)20-19-9(17)5-3-1-2-4-8-6-15-7-16-8/h2,4,6-7H,1,3,5H2,(H,15,16)/b4-2+. The van der Waals surface area contributed by atoms with Gasteiger partial charge in [-0.2, -0.15) is 13.2 Å². The van der Waals surface area contributed by atoms with E-state index < -0.39 is 18.1 Å². The van der Waals surface area contributed by atoms with Crippen LogP contribution in [0.3, 0.4) is 0 Å². The van der Waals surface area contributed by atoms with Gasteiger partial charge in [0.15, 0.2) is 0 Å². The Morgan fingerprint density at radius 1 is 1.35 bits per heavy atom. The van der Waals surface area contributed by atoms with Gasteiger partial charge in [-0.15, -0.1) is 0 Å². The maximum atomic E-state index is 11.7. The summed E-state index contributed by atoms with van der Waals surface area (Å²) in [5.74, 6) is -3.61. The van der Waals surface area contributed by atoms with Crippen molar-refractivity contribution in [1.29, 1.82) is 0 Å². The van der Waals surface area contributed by atoms with Crippen molar-refractivity contribution in [3.05, 3.63) is 24.3 Å².